The summed E-state index contributed by atoms with van der Waals surface area (Å²) in [5.74, 6) is 1.22. The van der Waals surface area contributed by atoms with Crippen molar-refractivity contribution in [2.75, 3.05) is 19.0 Å². The minimum atomic E-state index is -0.139. The molecule has 3 saturated carbocycles. The Kier molecular flexibility index (Phi) is 5.23. The predicted molar refractivity (Wildman–Crippen MR) is 102 cm³/mol. The van der Waals surface area contributed by atoms with Crippen molar-refractivity contribution in [3.63, 3.8) is 0 Å². The van der Waals surface area contributed by atoms with Crippen LogP contribution in [0.4, 0.5) is 5.82 Å². The first kappa shape index (κ1) is 18.5. The number of aromatic nitrogens is 3. The van der Waals surface area contributed by atoms with Gasteiger partial charge in [0.1, 0.15) is 5.52 Å². The van der Waals surface area contributed by atoms with Gasteiger partial charge >= 0.3 is 5.97 Å². The molecule has 0 aliphatic heterocycles. The summed E-state index contributed by atoms with van der Waals surface area (Å²) in [6.45, 7) is 2.75. The standard InChI is InChI=1S/C19H25ClN4O3/c1-3-27-18(25)15-12-4-6-13(7-5-12)16(15)21-17-14-8-11(10-26-2)9-24(14)23-19(20)22-17/h8-9,12-13,15-16H,3-7,10H2,1-2H3,(H,21,22,23)/t12?,13?,15-,16-/m0/s1. The number of carbonyl (C=O) groups is 1. The van der Waals surface area contributed by atoms with E-state index in [-0.39, 0.29) is 23.2 Å². The van der Waals surface area contributed by atoms with E-state index in [1.807, 2.05) is 19.2 Å². The maximum absolute atomic E-state index is 12.7. The van der Waals surface area contributed by atoms with Crippen molar-refractivity contribution < 1.29 is 14.3 Å². The highest BCUT2D eigenvalue weighted by Crippen LogP contribution is 2.47. The third kappa shape index (κ3) is 3.50. The van der Waals surface area contributed by atoms with Crippen LogP contribution in [0, 0.1) is 17.8 Å². The van der Waals surface area contributed by atoms with Crippen LogP contribution in [0.5, 0.6) is 0 Å². The van der Waals surface area contributed by atoms with E-state index in [9.17, 15) is 4.79 Å². The Bertz CT molecular complexity index is 832. The smallest absolute Gasteiger partial charge is 0.311 e. The molecule has 0 unspecified atom stereocenters. The topological polar surface area (TPSA) is 77.8 Å². The van der Waals surface area contributed by atoms with Crippen molar-refractivity contribution in [3.8, 4) is 0 Å². The van der Waals surface area contributed by atoms with Crippen molar-refractivity contribution in [3.05, 3.63) is 23.1 Å². The van der Waals surface area contributed by atoms with Gasteiger partial charge in [0.05, 0.1) is 19.1 Å². The highest BCUT2D eigenvalue weighted by atomic mass is 35.5. The largest absolute Gasteiger partial charge is 0.466 e. The van der Waals surface area contributed by atoms with Gasteiger partial charge in [-0.05, 0) is 67.7 Å². The first-order chi connectivity index (χ1) is 13.1. The molecule has 2 aromatic rings. The van der Waals surface area contributed by atoms with Crippen LogP contribution in [0.1, 0.15) is 38.2 Å². The fraction of sp³-hybridized carbons (Fsp3) is 0.632. The molecule has 3 aliphatic rings. The molecule has 5 rings (SSSR count). The summed E-state index contributed by atoms with van der Waals surface area (Å²) >= 11 is 6.15. The molecule has 2 aromatic heterocycles. The molecule has 2 heterocycles. The predicted octanol–water partition coefficient (Wildman–Crippen LogP) is 3.31. The van der Waals surface area contributed by atoms with Crippen LogP contribution in [0.15, 0.2) is 12.3 Å². The average Bonchev–Trinajstić information content (AvgIpc) is 3.05. The van der Waals surface area contributed by atoms with E-state index in [1.165, 1.54) is 0 Å². The molecule has 8 heteroatoms. The quantitative estimate of drug-likeness (QED) is 0.760. The molecule has 0 spiro atoms. The Morgan fingerprint density at radius 1 is 1.33 bits per heavy atom. The second kappa shape index (κ2) is 7.64. The van der Waals surface area contributed by atoms with Crippen LogP contribution in [-0.4, -0.2) is 40.3 Å². The van der Waals surface area contributed by atoms with Crippen LogP contribution in [0.3, 0.4) is 0 Å². The molecule has 0 saturated heterocycles. The number of hydrogen-bond acceptors (Lipinski definition) is 6. The number of nitrogens with zero attached hydrogens (tertiary/aromatic N) is 3. The number of hydrogen-bond donors (Lipinski definition) is 1. The first-order valence-corrected chi connectivity index (χ1v) is 9.95. The average molecular weight is 393 g/mol. The van der Waals surface area contributed by atoms with Gasteiger partial charge in [-0.15, -0.1) is 5.10 Å². The molecule has 27 heavy (non-hydrogen) atoms. The highest BCUT2D eigenvalue weighted by Gasteiger charge is 2.48. The molecule has 0 aromatic carbocycles. The van der Waals surface area contributed by atoms with Crippen molar-refractivity contribution in [1.29, 1.82) is 0 Å². The fourth-order valence-corrected chi connectivity index (χ4v) is 4.94. The van der Waals surface area contributed by atoms with E-state index >= 15 is 0 Å². The zero-order valence-electron chi connectivity index (χ0n) is 15.7. The second-order valence-corrected chi connectivity index (χ2v) is 7.80. The van der Waals surface area contributed by atoms with E-state index in [0.717, 1.165) is 36.8 Å². The van der Waals surface area contributed by atoms with Crippen LogP contribution >= 0.6 is 11.6 Å². The monoisotopic (exact) mass is 392 g/mol. The SMILES string of the molecule is CCOC(=O)[C@H]1C2CCC(CC2)[C@@H]1Nc1nc(Cl)nn2cc(COC)cc12. The lowest BCUT2D eigenvalue weighted by Crippen LogP contribution is -2.52. The third-order valence-corrected chi connectivity index (χ3v) is 6.05. The van der Waals surface area contributed by atoms with Crippen LogP contribution in [0.25, 0.3) is 5.52 Å². The van der Waals surface area contributed by atoms with Crippen LogP contribution in [-0.2, 0) is 20.9 Å². The van der Waals surface area contributed by atoms with Gasteiger partial charge < -0.3 is 14.8 Å². The minimum absolute atomic E-state index is 0.00657. The van der Waals surface area contributed by atoms with Crippen molar-refractivity contribution in [2.45, 2.75) is 45.3 Å². The number of fused-ring (bicyclic) bond motifs is 4. The van der Waals surface area contributed by atoms with E-state index in [0.29, 0.717) is 30.9 Å². The lowest BCUT2D eigenvalue weighted by molar-refractivity contribution is -0.154. The van der Waals surface area contributed by atoms with Crippen LogP contribution < -0.4 is 5.32 Å². The Hall–Kier alpha value is -1.86. The van der Waals surface area contributed by atoms with Gasteiger partial charge in [0, 0.05) is 19.3 Å². The summed E-state index contributed by atoms with van der Waals surface area (Å²) in [6, 6.07) is 2.00. The molecular formula is C19H25ClN4O3. The van der Waals surface area contributed by atoms with Gasteiger partial charge in [-0.25, -0.2) is 4.52 Å². The molecule has 0 amide bonds. The molecule has 0 radical (unpaired) electrons. The van der Waals surface area contributed by atoms with E-state index in [4.69, 9.17) is 21.1 Å². The summed E-state index contributed by atoms with van der Waals surface area (Å²) in [7, 11) is 1.66. The molecule has 2 atom stereocenters. The summed E-state index contributed by atoms with van der Waals surface area (Å²) in [5, 5.41) is 7.96. The number of nitrogens with one attached hydrogen (secondary N) is 1. The molecule has 1 N–H and O–H groups in total. The second-order valence-electron chi connectivity index (χ2n) is 7.46. The van der Waals surface area contributed by atoms with E-state index in [2.05, 4.69) is 15.4 Å². The van der Waals surface area contributed by atoms with Gasteiger partial charge in [-0.3, -0.25) is 4.79 Å². The zero-order valence-corrected chi connectivity index (χ0v) is 16.4. The number of ether oxygens (including phenoxy) is 2. The van der Waals surface area contributed by atoms with Gasteiger partial charge in [-0.2, -0.15) is 4.98 Å². The summed E-state index contributed by atoms with van der Waals surface area (Å²) in [6.07, 6.45) is 6.32. The van der Waals surface area contributed by atoms with Crippen LogP contribution in [0.2, 0.25) is 5.28 Å². The third-order valence-electron chi connectivity index (χ3n) is 5.89. The summed E-state index contributed by atoms with van der Waals surface area (Å²) in [5.41, 5.74) is 1.82. The molecule has 7 nitrogen and oxygen atoms in total. The molecule has 2 bridgehead atoms. The van der Waals surface area contributed by atoms with Gasteiger partial charge in [-0.1, -0.05) is 0 Å². The summed E-state index contributed by atoms with van der Waals surface area (Å²) in [4.78, 5) is 17.1. The summed E-state index contributed by atoms with van der Waals surface area (Å²) < 4.78 is 12.3. The number of halogens is 1. The van der Waals surface area contributed by atoms with Crippen molar-refractivity contribution in [1.82, 2.24) is 14.6 Å². The Morgan fingerprint density at radius 2 is 2.07 bits per heavy atom. The van der Waals surface area contributed by atoms with Gasteiger partial charge in [0.25, 0.3) is 0 Å². The normalized spacial score (nSPS) is 27.1. The molecule has 3 fully saturated rings. The highest BCUT2D eigenvalue weighted by molar-refractivity contribution is 6.28. The van der Waals surface area contributed by atoms with Gasteiger partial charge in [0.2, 0.25) is 5.28 Å². The van der Waals surface area contributed by atoms with Gasteiger partial charge in [0.15, 0.2) is 5.82 Å². The molecule has 146 valence electrons. The van der Waals surface area contributed by atoms with E-state index in [1.54, 1.807) is 11.6 Å². The van der Waals surface area contributed by atoms with E-state index < -0.39 is 0 Å². The lowest BCUT2D eigenvalue weighted by atomic mass is 9.61. The first-order valence-electron chi connectivity index (χ1n) is 9.57. The number of methoxy groups -OCH3 is 1. The Balaban J connectivity index is 1.68. The molecule has 3 aliphatic carbocycles. The zero-order chi connectivity index (χ0) is 19.0. The lowest BCUT2D eigenvalue weighted by Gasteiger charge is -2.47. The Labute approximate surface area is 163 Å². The number of anilines is 1. The van der Waals surface area contributed by atoms with Crippen molar-refractivity contribution in [2.24, 2.45) is 17.8 Å². The maximum Gasteiger partial charge on any atom is 0.311 e. The molecular weight excluding hydrogens is 368 g/mol. The minimum Gasteiger partial charge on any atom is -0.466 e. The maximum atomic E-state index is 12.7. The van der Waals surface area contributed by atoms with Crippen molar-refractivity contribution >= 4 is 28.9 Å². The number of esters is 1. The number of rotatable bonds is 6. The number of carbonyl (C=O) groups excluding carboxylic acids is 1. The Morgan fingerprint density at radius 3 is 2.78 bits per heavy atom. The fourth-order valence-electron chi connectivity index (χ4n) is 4.77.